The molecule has 3 aliphatic rings. The van der Waals surface area contributed by atoms with E-state index in [1.165, 1.54) is 36.6 Å². The molecule has 3 N–H and O–H groups in total. The Bertz CT molecular complexity index is 1210. The van der Waals surface area contributed by atoms with Crippen LogP contribution in [0.1, 0.15) is 44.7 Å². The number of nitroso groups, excluding NO2 is 1. The second-order valence-corrected chi connectivity index (χ2v) is 10.6. The van der Waals surface area contributed by atoms with E-state index in [4.69, 9.17) is 9.57 Å². The van der Waals surface area contributed by atoms with Crippen molar-refractivity contribution in [3.05, 3.63) is 40.6 Å². The van der Waals surface area contributed by atoms with Crippen molar-refractivity contribution in [3.8, 4) is 0 Å². The molecule has 1 saturated carbocycles. The first kappa shape index (κ1) is 30.7. The monoisotopic (exact) mass is 591 g/mol. The maximum Gasteiger partial charge on any atom is 0.457 e. The summed E-state index contributed by atoms with van der Waals surface area (Å²) in [7, 11) is 1.36. The third-order valence-electron chi connectivity index (χ3n) is 7.74. The maximum absolute atomic E-state index is 13.7. The molecule has 4 atom stereocenters. The van der Waals surface area contributed by atoms with Gasteiger partial charge in [-0.3, -0.25) is 9.59 Å². The number of nitrogens with zero attached hydrogens (tertiary/aromatic N) is 3. The molecule has 0 radical (unpaired) electrons. The van der Waals surface area contributed by atoms with Gasteiger partial charge in [0, 0.05) is 35.8 Å². The number of ether oxygens (including phenoxy) is 1. The van der Waals surface area contributed by atoms with Gasteiger partial charge in [0.1, 0.15) is 18.1 Å². The number of pyridine rings is 1. The average molecular weight is 592 g/mol. The van der Waals surface area contributed by atoms with Crippen LogP contribution in [0.3, 0.4) is 0 Å². The van der Waals surface area contributed by atoms with Crippen LogP contribution in [0, 0.1) is 10.8 Å². The number of nitrogens with one attached hydrogen (secondary N) is 3. The lowest BCUT2D eigenvalue weighted by Crippen LogP contribution is -2.61. The van der Waals surface area contributed by atoms with Crippen LogP contribution in [0.2, 0.25) is 0 Å². The van der Waals surface area contributed by atoms with Crippen LogP contribution in [-0.4, -0.2) is 83.1 Å². The van der Waals surface area contributed by atoms with Crippen molar-refractivity contribution in [1.29, 1.82) is 0 Å². The predicted molar refractivity (Wildman–Crippen MR) is 133 cm³/mol. The highest BCUT2D eigenvalue weighted by Gasteiger charge is 2.57. The molecule has 41 heavy (non-hydrogen) atoms. The molecule has 1 aromatic rings. The molecular weight excluding hydrogens is 559 g/mol. The number of carbonyl (C=O) groups excluding carboxylic acids is 2. The Kier molecular flexibility index (Phi) is 8.66. The molecule has 4 rings (SSSR count). The van der Waals surface area contributed by atoms with E-state index in [9.17, 15) is 36.4 Å². The van der Waals surface area contributed by atoms with Crippen LogP contribution < -0.4 is 16.1 Å². The Labute approximate surface area is 232 Å². The molecule has 1 aromatic heterocycles. The highest BCUT2D eigenvalue weighted by Crippen LogP contribution is 2.44. The summed E-state index contributed by atoms with van der Waals surface area (Å²) in [6, 6.07) is -1.41. The fourth-order valence-electron chi connectivity index (χ4n) is 5.29. The van der Waals surface area contributed by atoms with Crippen molar-refractivity contribution in [2.45, 2.75) is 68.9 Å². The molecule has 1 saturated heterocycles. The Morgan fingerprint density at radius 1 is 1.34 bits per heavy atom. The molecular formula is C25H32F5N6O5+. The van der Waals surface area contributed by atoms with Crippen LogP contribution in [0.25, 0.3) is 0 Å². The quantitative estimate of drug-likeness (QED) is 0.280. The van der Waals surface area contributed by atoms with E-state index in [1.807, 2.05) is 0 Å². The molecule has 2 fully saturated rings. The number of aromatic nitrogens is 1. The summed E-state index contributed by atoms with van der Waals surface area (Å²) in [5.74, 6) is -5.28. The van der Waals surface area contributed by atoms with Gasteiger partial charge in [0.2, 0.25) is 24.4 Å². The lowest BCUT2D eigenvalue weighted by Gasteiger charge is -2.40. The number of alkyl halides is 5. The van der Waals surface area contributed by atoms with Crippen molar-refractivity contribution in [1.82, 2.24) is 20.7 Å². The number of methoxy groups -OCH3 is 1. The number of anilines is 1. The predicted octanol–water partition coefficient (Wildman–Crippen LogP) is 2.81. The minimum absolute atomic E-state index is 0.0211. The van der Waals surface area contributed by atoms with E-state index >= 15 is 0 Å². The van der Waals surface area contributed by atoms with Crippen molar-refractivity contribution >= 4 is 17.6 Å². The molecule has 3 heterocycles. The molecule has 16 heteroatoms. The average Bonchev–Trinajstić information content (AvgIpc) is 3.47. The highest BCUT2D eigenvalue weighted by molar-refractivity contribution is 5.99. The molecule has 2 aliphatic heterocycles. The molecule has 2 amide bonds. The van der Waals surface area contributed by atoms with Gasteiger partial charge in [-0.05, 0) is 42.5 Å². The van der Waals surface area contributed by atoms with E-state index in [1.54, 1.807) is 13.8 Å². The molecule has 0 aromatic carbocycles. The molecule has 0 bridgehead atoms. The summed E-state index contributed by atoms with van der Waals surface area (Å²) >= 11 is 0. The molecule has 11 nitrogen and oxygen atoms in total. The maximum atomic E-state index is 13.7. The van der Waals surface area contributed by atoms with Crippen molar-refractivity contribution < 1.29 is 45.9 Å². The van der Waals surface area contributed by atoms with E-state index in [-0.39, 0.29) is 17.2 Å². The number of rotatable bonds is 10. The van der Waals surface area contributed by atoms with E-state index in [2.05, 4.69) is 21.1 Å². The van der Waals surface area contributed by atoms with Gasteiger partial charge in [-0.15, -0.1) is 5.48 Å². The number of amides is 2. The number of halogens is 5. The van der Waals surface area contributed by atoms with Gasteiger partial charge in [-0.2, -0.15) is 13.2 Å². The molecule has 1 aliphatic carbocycles. The van der Waals surface area contributed by atoms with E-state index in [0.29, 0.717) is 17.6 Å². The fraction of sp³-hybridized carbons (Fsp3) is 0.640. The van der Waals surface area contributed by atoms with Crippen LogP contribution >= 0.6 is 0 Å². The second kappa shape index (κ2) is 11.6. The normalized spacial score (nSPS) is 26.1. The van der Waals surface area contributed by atoms with Crippen LogP contribution in [0.4, 0.5) is 27.8 Å². The van der Waals surface area contributed by atoms with Gasteiger partial charge in [-0.1, -0.05) is 6.92 Å². The SMILES string of the molecule is CCC1=CONC1(C)C(=O)N[C@@H](C(=O)Nc1cc([C@@H](COC)N2C[C@@H](C(F)(F)F)[N+](=O)C2)ccn1)C1CC(F)(F)C1. The zero-order valence-electron chi connectivity index (χ0n) is 22.6. The number of hydrogen-bond acceptors (Lipinski definition) is 8. The lowest BCUT2D eigenvalue weighted by atomic mass is 9.75. The molecule has 226 valence electrons. The first-order valence-corrected chi connectivity index (χ1v) is 13.0. The molecule has 1 unspecified atom stereocenters. The zero-order chi connectivity index (χ0) is 30.2. The van der Waals surface area contributed by atoms with Crippen molar-refractivity contribution in [2.75, 3.05) is 32.2 Å². The number of hydrogen-bond donors (Lipinski definition) is 3. The highest BCUT2D eigenvalue weighted by atomic mass is 19.4. The summed E-state index contributed by atoms with van der Waals surface area (Å²) in [5.41, 5.74) is 2.27. The van der Waals surface area contributed by atoms with Crippen LogP contribution in [-0.2, 0) is 19.2 Å². The third-order valence-corrected chi connectivity index (χ3v) is 7.74. The minimum atomic E-state index is -4.71. The van der Waals surface area contributed by atoms with E-state index in [0.717, 1.165) is 0 Å². The first-order valence-electron chi connectivity index (χ1n) is 13.0. The summed E-state index contributed by atoms with van der Waals surface area (Å²) in [5, 5.41) is 5.11. The zero-order valence-corrected chi connectivity index (χ0v) is 22.6. The lowest BCUT2D eigenvalue weighted by molar-refractivity contribution is -0.601. The Morgan fingerprint density at radius 2 is 2.05 bits per heavy atom. The third kappa shape index (κ3) is 6.48. The number of carbonyl (C=O) groups is 2. The van der Waals surface area contributed by atoms with E-state index < -0.39 is 79.6 Å². The number of hydroxylamine groups is 1. The molecule has 0 spiro atoms. The Hall–Kier alpha value is -3.24. The fourth-order valence-corrected chi connectivity index (χ4v) is 5.29. The van der Waals surface area contributed by atoms with Crippen LogP contribution in [0.5, 0.6) is 0 Å². The Balaban J connectivity index is 1.52. The van der Waals surface area contributed by atoms with Crippen LogP contribution in [0.15, 0.2) is 30.2 Å². The summed E-state index contributed by atoms with van der Waals surface area (Å²) in [4.78, 5) is 49.0. The Morgan fingerprint density at radius 3 is 2.63 bits per heavy atom. The summed E-state index contributed by atoms with van der Waals surface area (Å²) < 4.78 is 72.5. The second-order valence-electron chi connectivity index (χ2n) is 10.6. The van der Waals surface area contributed by atoms with Gasteiger partial charge in [-0.25, -0.2) is 18.7 Å². The largest absolute Gasteiger partial charge is 0.457 e. The standard InChI is InChI=1S/C25H31F5N6O5/c1-4-16-11-41-34-23(16,2)22(38)33-20(15-8-24(26,27)9-15)21(37)32-19-7-14(5-6-31-19)17(12-40-3)35-10-18(25(28,29)30)36(39)13-35/h5-7,11,15,17-18,20,34H,4,8-10,12-13H2,1-3H3,(H-,31,32,33,37,38)/p+1/t17-,18+,20-,23?/m1/s1. The van der Waals surface area contributed by atoms with Gasteiger partial charge < -0.3 is 20.2 Å². The topological polar surface area (TPSA) is 125 Å². The van der Waals surface area contributed by atoms with Crippen molar-refractivity contribution in [3.63, 3.8) is 0 Å². The minimum Gasteiger partial charge on any atom is -0.415 e. The van der Waals surface area contributed by atoms with Gasteiger partial charge >= 0.3 is 12.2 Å². The summed E-state index contributed by atoms with van der Waals surface area (Å²) in [6.07, 6.45) is -2.78. The van der Waals surface area contributed by atoms with Gasteiger partial charge in [0.25, 0.3) is 0 Å². The van der Waals surface area contributed by atoms with Gasteiger partial charge in [0.15, 0.2) is 5.54 Å². The summed E-state index contributed by atoms with van der Waals surface area (Å²) in [6.45, 7) is 2.18. The van der Waals surface area contributed by atoms with Gasteiger partial charge in [0.05, 0.1) is 19.2 Å². The first-order chi connectivity index (χ1) is 19.2. The van der Waals surface area contributed by atoms with Crippen molar-refractivity contribution in [2.24, 2.45) is 5.92 Å². The smallest absolute Gasteiger partial charge is 0.415 e.